The third kappa shape index (κ3) is 4.16. The van der Waals surface area contributed by atoms with E-state index < -0.39 is 6.61 Å². The molecule has 1 aliphatic carbocycles. The van der Waals surface area contributed by atoms with Gasteiger partial charge in [0.05, 0.1) is 0 Å². The van der Waals surface area contributed by atoms with Crippen LogP contribution in [0.5, 0.6) is 5.75 Å². The number of amides is 1. The number of nitrogens with one attached hydrogen (secondary N) is 1. The Morgan fingerprint density at radius 1 is 1.33 bits per heavy atom. The molecule has 0 aliphatic heterocycles. The van der Waals surface area contributed by atoms with Gasteiger partial charge in [-0.1, -0.05) is 12.1 Å². The molecule has 1 aliphatic rings. The lowest BCUT2D eigenvalue weighted by molar-refractivity contribution is -0.116. The molecule has 5 heteroatoms. The Morgan fingerprint density at radius 2 is 2.00 bits per heavy atom. The Morgan fingerprint density at radius 3 is 2.56 bits per heavy atom. The molecule has 0 heterocycles. The van der Waals surface area contributed by atoms with Crippen molar-refractivity contribution in [3.63, 3.8) is 0 Å². The van der Waals surface area contributed by atoms with Gasteiger partial charge in [0.25, 0.3) is 0 Å². The summed E-state index contributed by atoms with van der Waals surface area (Å²) in [7, 11) is 0. The van der Waals surface area contributed by atoms with Gasteiger partial charge in [0, 0.05) is 12.1 Å². The van der Waals surface area contributed by atoms with Crippen molar-refractivity contribution in [1.82, 2.24) is 5.32 Å². The van der Waals surface area contributed by atoms with E-state index in [1.165, 1.54) is 18.2 Å². The molecule has 1 aromatic carbocycles. The summed E-state index contributed by atoms with van der Waals surface area (Å²) in [6.07, 6.45) is 5.14. The van der Waals surface area contributed by atoms with Crippen molar-refractivity contribution < 1.29 is 18.3 Å². The molecule has 0 radical (unpaired) electrons. The van der Waals surface area contributed by atoms with Gasteiger partial charge in [0.2, 0.25) is 5.91 Å². The van der Waals surface area contributed by atoms with Gasteiger partial charge >= 0.3 is 6.61 Å². The summed E-state index contributed by atoms with van der Waals surface area (Å²) in [5.41, 5.74) is 0.752. The van der Waals surface area contributed by atoms with Gasteiger partial charge < -0.3 is 10.1 Å². The van der Waals surface area contributed by atoms with Gasteiger partial charge in [-0.2, -0.15) is 8.78 Å². The third-order valence-electron chi connectivity index (χ3n) is 2.46. The molecule has 1 amide bonds. The Labute approximate surface area is 103 Å². The molecule has 0 saturated heterocycles. The molecule has 0 aromatic heterocycles. The summed E-state index contributed by atoms with van der Waals surface area (Å²) >= 11 is 0. The van der Waals surface area contributed by atoms with Crippen LogP contribution in [0.3, 0.4) is 0 Å². The molecule has 96 valence electrons. The molecule has 3 nitrogen and oxygen atoms in total. The fourth-order valence-corrected chi connectivity index (χ4v) is 1.41. The highest BCUT2D eigenvalue weighted by Gasteiger charge is 2.21. The molecule has 18 heavy (non-hydrogen) atoms. The van der Waals surface area contributed by atoms with E-state index in [-0.39, 0.29) is 11.7 Å². The van der Waals surface area contributed by atoms with Crippen LogP contribution in [0.2, 0.25) is 0 Å². The van der Waals surface area contributed by atoms with Crippen LogP contribution in [-0.4, -0.2) is 18.6 Å². The number of benzene rings is 1. The maximum Gasteiger partial charge on any atom is 0.387 e. The maximum atomic E-state index is 11.9. The van der Waals surface area contributed by atoms with Crippen molar-refractivity contribution >= 4 is 12.0 Å². The summed E-state index contributed by atoms with van der Waals surface area (Å²) in [4.78, 5) is 11.4. The topological polar surface area (TPSA) is 38.3 Å². The van der Waals surface area contributed by atoms with Crippen molar-refractivity contribution in [2.24, 2.45) is 0 Å². The quantitative estimate of drug-likeness (QED) is 0.819. The van der Waals surface area contributed by atoms with Gasteiger partial charge in [-0.3, -0.25) is 4.79 Å². The highest BCUT2D eigenvalue weighted by molar-refractivity contribution is 5.92. The smallest absolute Gasteiger partial charge is 0.387 e. The minimum Gasteiger partial charge on any atom is -0.435 e. The summed E-state index contributed by atoms with van der Waals surface area (Å²) in [6, 6.07) is 6.41. The molecule has 1 N–H and O–H groups in total. The molecular formula is C13H13F2NO2. The minimum absolute atomic E-state index is 0.101. The van der Waals surface area contributed by atoms with Crippen LogP contribution in [0.4, 0.5) is 8.78 Å². The normalized spacial score (nSPS) is 15.1. The Bertz CT molecular complexity index is 439. The Balaban J connectivity index is 1.88. The molecule has 0 spiro atoms. The van der Waals surface area contributed by atoms with Gasteiger partial charge in [0.1, 0.15) is 5.75 Å². The van der Waals surface area contributed by atoms with Crippen LogP contribution in [0, 0.1) is 0 Å². The van der Waals surface area contributed by atoms with E-state index >= 15 is 0 Å². The van der Waals surface area contributed by atoms with Crippen LogP contribution < -0.4 is 10.1 Å². The first-order valence-electron chi connectivity index (χ1n) is 5.67. The average Bonchev–Trinajstić information content (AvgIpc) is 3.11. The lowest BCUT2D eigenvalue weighted by Crippen LogP contribution is -2.22. The second kappa shape index (κ2) is 5.62. The number of alkyl halides is 2. The zero-order valence-corrected chi connectivity index (χ0v) is 9.61. The van der Waals surface area contributed by atoms with Crippen LogP contribution in [0.25, 0.3) is 6.08 Å². The molecule has 1 aromatic rings. The van der Waals surface area contributed by atoms with E-state index in [9.17, 15) is 13.6 Å². The van der Waals surface area contributed by atoms with Crippen molar-refractivity contribution in [3.05, 3.63) is 35.9 Å². The zero-order valence-electron chi connectivity index (χ0n) is 9.61. The molecule has 0 atom stereocenters. The minimum atomic E-state index is -2.82. The van der Waals surface area contributed by atoms with Gasteiger partial charge in [-0.15, -0.1) is 0 Å². The largest absolute Gasteiger partial charge is 0.435 e. The van der Waals surface area contributed by atoms with Crippen LogP contribution in [-0.2, 0) is 4.79 Å². The molecular weight excluding hydrogens is 240 g/mol. The van der Waals surface area contributed by atoms with Gasteiger partial charge in [-0.05, 0) is 36.6 Å². The number of ether oxygens (including phenoxy) is 1. The number of hydrogen-bond acceptors (Lipinski definition) is 2. The highest BCUT2D eigenvalue weighted by atomic mass is 19.3. The average molecular weight is 253 g/mol. The fourth-order valence-electron chi connectivity index (χ4n) is 1.41. The molecule has 0 bridgehead atoms. The predicted molar refractivity (Wildman–Crippen MR) is 63.3 cm³/mol. The van der Waals surface area contributed by atoms with E-state index in [0.717, 1.165) is 18.4 Å². The third-order valence-corrected chi connectivity index (χ3v) is 2.46. The monoisotopic (exact) mass is 253 g/mol. The van der Waals surface area contributed by atoms with E-state index in [1.807, 2.05) is 0 Å². The summed E-state index contributed by atoms with van der Waals surface area (Å²) < 4.78 is 28.0. The maximum absolute atomic E-state index is 11.9. The molecule has 0 unspecified atom stereocenters. The van der Waals surface area contributed by atoms with Crippen molar-refractivity contribution in [1.29, 1.82) is 0 Å². The second-order valence-electron chi connectivity index (χ2n) is 4.06. The second-order valence-corrected chi connectivity index (χ2v) is 4.06. The zero-order chi connectivity index (χ0) is 13.0. The van der Waals surface area contributed by atoms with E-state index in [2.05, 4.69) is 10.1 Å². The summed E-state index contributed by atoms with van der Waals surface area (Å²) in [5, 5.41) is 2.81. The van der Waals surface area contributed by atoms with E-state index in [1.54, 1.807) is 18.2 Å². The van der Waals surface area contributed by atoms with Crippen LogP contribution in [0.1, 0.15) is 18.4 Å². The van der Waals surface area contributed by atoms with Gasteiger partial charge in [0.15, 0.2) is 0 Å². The first-order valence-corrected chi connectivity index (χ1v) is 5.67. The molecule has 2 rings (SSSR count). The number of carbonyl (C=O) groups excluding carboxylic acids is 1. The highest BCUT2D eigenvalue weighted by Crippen LogP contribution is 2.18. The summed E-state index contributed by atoms with van der Waals surface area (Å²) in [6.45, 7) is -2.82. The lowest BCUT2D eigenvalue weighted by Gasteiger charge is -2.03. The van der Waals surface area contributed by atoms with Crippen molar-refractivity contribution in [2.45, 2.75) is 25.5 Å². The van der Waals surface area contributed by atoms with Crippen LogP contribution >= 0.6 is 0 Å². The molecule has 1 saturated carbocycles. The number of rotatable bonds is 5. The van der Waals surface area contributed by atoms with Crippen molar-refractivity contribution in [2.75, 3.05) is 0 Å². The van der Waals surface area contributed by atoms with Gasteiger partial charge in [-0.25, -0.2) is 0 Å². The molecule has 1 fully saturated rings. The van der Waals surface area contributed by atoms with Crippen LogP contribution in [0.15, 0.2) is 30.3 Å². The van der Waals surface area contributed by atoms with Crippen molar-refractivity contribution in [3.8, 4) is 5.75 Å². The first-order chi connectivity index (χ1) is 8.63. The Kier molecular flexibility index (Phi) is 3.92. The standard InChI is InChI=1S/C13H13F2NO2/c14-13(15)18-11-6-1-9(2-7-11)3-8-12(17)16-10-4-5-10/h1-3,6-8,10,13H,4-5H2,(H,16,17)/b8-3+. The summed E-state index contributed by atoms with van der Waals surface area (Å²) in [5.74, 6) is -0.0324. The predicted octanol–water partition coefficient (Wildman–Crippen LogP) is 2.58. The first kappa shape index (κ1) is 12.5. The number of halogens is 2. The van der Waals surface area contributed by atoms with E-state index in [4.69, 9.17) is 0 Å². The fraction of sp³-hybridized carbons (Fsp3) is 0.308. The Hall–Kier alpha value is -1.91. The number of carbonyl (C=O) groups is 1. The SMILES string of the molecule is O=C(/C=C/c1ccc(OC(F)F)cc1)NC1CC1. The van der Waals surface area contributed by atoms with E-state index in [0.29, 0.717) is 6.04 Å². The lowest BCUT2D eigenvalue weighted by atomic mass is 10.2. The number of hydrogen-bond donors (Lipinski definition) is 1.